The Morgan fingerprint density at radius 1 is 0.565 bits per heavy atom. The molecule has 6 heteroatoms. The molecule has 0 bridgehead atoms. The van der Waals surface area contributed by atoms with E-state index in [0.29, 0.717) is 17.2 Å². The van der Waals surface area contributed by atoms with Gasteiger partial charge in [-0.2, -0.15) is 0 Å². The second-order valence-corrected chi connectivity index (χ2v) is 15.7. The fourth-order valence-electron chi connectivity index (χ4n) is 5.49. The molecule has 0 aliphatic rings. The molecule has 5 nitrogen and oxygen atoms in total. The number of benzene rings is 5. The van der Waals surface area contributed by atoms with Crippen LogP contribution in [0.5, 0.6) is 28.7 Å². The summed E-state index contributed by atoms with van der Waals surface area (Å²) >= 11 is 0. The molecule has 0 aliphatic heterocycles. The maximum atomic E-state index is 11.4. The molecule has 0 fully saturated rings. The minimum absolute atomic E-state index is 0.139. The summed E-state index contributed by atoms with van der Waals surface area (Å²) in [6.45, 7) is 12.2. The highest BCUT2D eigenvalue weighted by Crippen LogP contribution is 2.44. The van der Waals surface area contributed by atoms with Crippen molar-refractivity contribution in [3.63, 3.8) is 0 Å². The SMILES string of the molecule is COc1ccc(C(c2ccc(OC(C)(C)C)cc2)c2ccc(OC(C)(C)C)cc2O[SiH](c2ccccc2)c2ccccc2)c(O)c1. The van der Waals surface area contributed by atoms with E-state index >= 15 is 0 Å². The minimum Gasteiger partial charge on any atom is -0.537 e. The van der Waals surface area contributed by atoms with Gasteiger partial charge < -0.3 is 23.7 Å². The van der Waals surface area contributed by atoms with Crippen molar-refractivity contribution in [1.82, 2.24) is 0 Å². The summed E-state index contributed by atoms with van der Waals surface area (Å²) in [6, 6.07) is 40.4. The maximum absolute atomic E-state index is 11.4. The third-order valence-electron chi connectivity index (χ3n) is 7.36. The summed E-state index contributed by atoms with van der Waals surface area (Å²) < 4.78 is 25.1. The number of hydrogen-bond acceptors (Lipinski definition) is 5. The summed E-state index contributed by atoms with van der Waals surface area (Å²) in [7, 11) is -0.629. The van der Waals surface area contributed by atoms with E-state index in [-0.39, 0.29) is 17.3 Å². The second kappa shape index (κ2) is 13.8. The highest BCUT2D eigenvalue weighted by atomic mass is 28.3. The third-order valence-corrected chi connectivity index (χ3v) is 9.83. The third kappa shape index (κ3) is 8.32. The van der Waals surface area contributed by atoms with Gasteiger partial charge in [-0.1, -0.05) is 84.9 Å². The quantitative estimate of drug-likeness (QED) is 0.126. The molecule has 46 heavy (non-hydrogen) atoms. The molecule has 5 rings (SSSR count). The molecule has 5 aromatic carbocycles. The van der Waals surface area contributed by atoms with Crippen LogP contribution >= 0.6 is 0 Å². The number of aromatic hydroxyl groups is 1. The van der Waals surface area contributed by atoms with Gasteiger partial charge in [0, 0.05) is 29.2 Å². The first kappa shape index (κ1) is 32.7. The Kier molecular flexibility index (Phi) is 9.78. The Balaban J connectivity index is 1.70. The van der Waals surface area contributed by atoms with Gasteiger partial charge in [0.05, 0.1) is 7.11 Å². The first-order valence-corrected chi connectivity index (χ1v) is 17.3. The smallest absolute Gasteiger partial charge is 0.299 e. The zero-order chi connectivity index (χ0) is 32.9. The average molecular weight is 633 g/mol. The normalized spacial score (nSPS) is 12.4. The van der Waals surface area contributed by atoms with E-state index in [1.807, 2.05) is 90.1 Å². The van der Waals surface area contributed by atoms with E-state index in [9.17, 15) is 5.11 Å². The highest BCUT2D eigenvalue weighted by molar-refractivity contribution is 6.80. The zero-order valence-corrected chi connectivity index (χ0v) is 28.9. The number of hydrogen-bond donors (Lipinski definition) is 1. The van der Waals surface area contributed by atoms with Crippen molar-refractivity contribution in [2.75, 3.05) is 7.11 Å². The van der Waals surface area contributed by atoms with Gasteiger partial charge in [-0.3, -0.25) is 0 Å². The lowest BCUT2D eigenvalue weighted by molar-refractivity contribution is 0.130. The van der Waals surface area contributed by atoms with Crippen molar-refractivity contribution in [3.05, 3.63) is 138 Å². The van der Waals surface area contributed by atoms with Gasteiger partial charge in [-0.25, -0.2) is 0 Å². The largest absolute Gasteiger partial charge is 0.537 e. The van der Waals surface area contributed by atoms with Crippen LogP contribution < -0.4 is 29.0 Å². The molecule has 0 heterocycles. The molecular weight excluding hydrogens is 589 g/mol. The number of phenols is 1. The predicted octanol–water partition coefficient (Wildman–Crippen LogP) is 7.85. The summed E-state index contributed by atoms with van der Waals surface area (Å²) in [5.41, 5.74) is 1.90. The van der Waals surface area contributed by atoms with Gasteiger partial charge in [0.15, 0.2) is 0 Å². The molecule has 0 spiro atoms. The minimum atomic E-state index is -2.22. The lowest BCUT2D eigenvalue weighted by Crippen LogP contribution is -2.47. The molecule has 0 aromatic heterocycles. The molecule has 0 aliphatic carbocycles. The van der Waals surface area contributed by atoms with Crippen LogP contribution in [-0.2, 0) is 0 Å². The van der Waals surface area contributed by atoms with Gasteiger partial charge >= 0.3 is 0 Å². The molecule has 1 unspecified atom stereocenters. The van der Waals surface area contributed by atoms with Gasteiger partial charge in [0.2, 0.25) is 0 Å². The van der Waals surface area contributed by atoms with Crippen LogP contribution in [0.2, 0.25) is 0 Å². The van der Waals surface area contributed by atoms with Crippen LogP contribution in [0.15, 0.2) is 121 Å². The molecule has 0 saturated heterocycles. The van der Waals surface area contributed by atoms with Crippen molar-refractivity contribution in [1.29, 1.82) is 0 Å². The van der Waals surface area contributed by atoms with E-state index in [1.165, 1.54) is 0 Å². The number of methoxy groups -OCH3 is 1. The summed E-state index contributed by atoms with van der Waals surface area (Å²) in [5.74, 6) is 2.56. The monoisotopic (exact) mass is 632 g/mol. The van der Waals surface area contributed by atoms with Gasteiger partial charge in [-0.05, 0) is 81.7 Å². The van der Waals surface area contributed by atoms with Crippen LogP contribution in [0.4, 0.5) is 0 Å². The van der Waals surface area contributed by atoms with Crippen molar-refractivity contribution in [2.24, 2.45) is 0 Å². The summed E-state index contributed by atoms with van der Waals surface area (Å²) in [4.78, 5) is 0. The number of ether oxygens (including phenoxy) is 3. The summed E-state index contributed by atoms with van der Waals surface area (Å²) in [6.07, 6.45) is 0. The highest BCUT2D eigenvalue weighted by Gasteiger charge is 2.28. The lowest BCUT2D eigenvalue weighted by atomic mass is 9.84. The van der Waals surface area contributed by atoms with Crippen LogP contribution in [0.1, 0.15) is 64.2 Å². The molecule has 5 aromatic rings. The van der Waals surface area contributed by atoms with Gasteiger partial charge in [-0.15, -0.1) is 0 Å². The number of rotatable bonds is 10. The first-order valence-electron chi connectivity index (χ1n) is 15.7. The van der Waals surface area contributed by atoms with Gasteiger partial charge in [0.25, 0.3) is 9.04 Å². The molecule has 0 amide bonds. The van der Waals surface area contributed by atoms with Crippen LogP contribution in [0, 0.1) is 0 Å². The molecule has 0 radical (unpaired) electrons. The second-order valence-electron chi connectivity index (χ2n) is 13.4. The average Bonchev–Trinajstić information content (AvgIpc) is 3.01. The van der Waals surface area contributed by atoms with Crippen molar-refractivity contribution in [2.45, 2.75) is 58.7 Å². The fourth-order valence-corrected chi connectivity index (χ4v) is 7.75. The standard InChI is InChI=1S/C40H44O5Si/c1-39(2,3)43-29-20-18-28(19-21-29)38(34-24-22-30(42-7)26-36(34)41)35-25-23-31(44-40(4,5)6)27-37(35)45-46(32-14-10-8-11-15-32)33-16-12-9-13-17-33/h8-27,38,41,46H,1-7H3. The van der Waals surface area contributed by atoms with E-state index in [2.05, 4.69) is 66.7 Å². The van der Waals surface area contributed by atoms with Crippen LogP contribution in [0.3, 0.4) is 0 Å². The fraction of sp³-hybridized carbons (Fsp3) is 0.250. The van der Waals surface area contributed by atoms with Gasteiger partial charge in [0.1, 0.15) is 39.9 Å². The Labute approximate surface area is 275 Å². The van der Waals surface area contributed by atoms with Crippen molar-refractivity contribution < 1.29 is 23.7 Å². The summed E-state index contributed by atoms with van der Waals surface area (Å²) in [5, 5.41) is 13.7. The Hall–Kier alpha value is -4.68. The lowest BCUT2D eigenvalue weighted by Gasteiger charge is -2.28. The van der Waals surface area contributed by atoms with E-state index in [1.54, 1.807) is 13.2 Å². The molecule has 238 valence electrons. The van der Waals surface area contributed by atoms with Crippen molar-refractivity contribution >= 4 is 19.4 Å². The number of phenolic OH excluding ortho intramolecular Hbond substituents is 1. The van der Waals surface area contributed by atoms with E-state index < -0.39 is 14.6 Å². The Morgan fingerprint density at radius 3 is 1.59 bits per heavy atom. The zero-order valence-electron chi connectivity index (χ0n) is 27.8. The van der Waals surface area contributed by atoms with Crippen LogP contribution in [0.25, 0.3) is 0 Å². The van der Waals surface area contributed by atoms with E-state index in [4.69, 9.17) is 18.6 Å². The molecular formula is C40H44O5Si. The molecule has 0 saturated carbocycles. The van der Waals surface area contributed by atoms with E-state index in [0.717, 1.165) is 32.8 Å². The Morgan fingerprint density at radius 2 is 1.07 bits per heavy atom. The predicted molar refractivity (Wildman–Crippen MR) is 189 cm³/mol. The topological polar surface area (TPSA) is 57.2 Å². The first-order chi connectivity index (χ1) is 21.9. The Bertz CT molecular complexity index is 1680. The van der Waals surface area contributed by atoms with Crippen LogP contribution in [-0.4, -0.2) is 32.5 Å². The maximum Gasteiger partial charge on any atom is 0.299 e. The van der Waals surface area contributed by atoms with Crippen molar-refractivity contribution in [3.8, 4) is 28.7 Å². The molecule has 1 N–H and O–H groups in total. The molecule has 1 atom stereocenters.